The molecule has 13 heteroatoms. The largest absolute Gasteiger partial charge is 0.416 e. The summed E-state index contributed by atoms with van der Waals surface area (Å²) >= 11 is 0. The minimum Gasteiger partial charge on any atom is -0.381 e. The molecule has 256 valence electrons. The van der Waals surface area contributed by atoms with E-state index in [1.807, 2.05) is 35.2 Å². The lowest BCUT2D eigenvalue weighted by Gasteiger charge is -2.47. The van der Waals surface area contributed by atoms with Crippen molar-refractivity contribution in [3.8, 4) is 0 Å². The van der Waals surface area contributed by atoms with Crippen LogP contribution < -0.4 is 0 Å². The van der Waals surface area contributed by atoms with Crippen LogP contribution in [-0.4, -0.2) is 109 Å². The van der Waals surface area contributed by atoms with Gasteiger partial charge in [-0.15, -0.1) is 0 Å². The summed E-state index contributed by atoms with van der Waals surface area (Å²) in [5.74, 6) is -0.670. The Balaban J connectivity index is 1.13. The molecule has 4 aliphatic heterocycles. The maximum absolute atomic E-state index is 13.7. The number of ether oxygens (including phenoxy) is 1. The third kappa shape index (κ3) is 7.78. The first-order valence-corrected chi connectivity index (χ1v) is 16.4. The van der Waals surface area contributed by atoms with Crippen molar-refractivity contribution < 1.29 is 40.7 Å². The Hall–Kier alpha value is -3.16. The topological polar surface area (TPSA) is 56.3 Å². The molecule has 4 saturated heterocycles. The van der Waals surface area contributed by atoms with E-state index in [9.17, 15) is 35.9 Å². The summed E-state index contributed by atoms with van der Waals surface area (Å²) in [6.07, 6.45) is -6.80. The maximum atomic E-state index is 13.7. The number of nitrogens with zero attached hydrogens (tertiary/aromatic N) is 4. The standard InChI is InChI=1S/C34H40F6N4O3/c35-33(36,37)26-17-25(18-27(19-26)34(38,39)40)32(46)44-10-7-28(20-30(44)16-23-4-2-1-3-5-23)41-11-13-42(14-12-41)29-6-9-43(21-29)31(45)24-8-15-47-22-24/h1-5,17-19,24,28-30H,6-16,20-22H2/t24?,28?,29?,30-/m1/s1. The van der Waals surface area contributed by atoms with Gasteiger partial charge in [0, 0.05) is 76.1 Å². The number of halogens is 6. The number of likely N-dealkylation sites (tertiary alicyclic amines) is 2. The Morgan fingerprint density at radius 1 is 0.766 bits per heavy atom. The molecule has 2 aromatic rings. The highest BCUT2D eigenvalue weighted by molar-refractivity contribution is 5.95. The van der Waals surface area contributed by atoms with E-state index in [0.717, 1.165) is 57.7 Å². The van der Waals surface area contributed by atoms with Gasteiger partial charge in [0.1, 0.15) is 0 Å². The number of piperazine rings is 1. The first kappa shape index (κ1) is 33.7. The van der Waals surface area contributed by atoms with E-state index in [-0.39, 0.29) is 30.5 Å². The summed E-state index contributed by atoms with van der Waals surface area (Å²) in [4.78, 5) is 34.9. The zero-order valence-electron chi connectivity index (χ0n) is 26.1. The SMILES string of the molecule is O=C(C1CCOC1)N1CCC(N2CCN(C3CCN(C(=O)c4cc(C(F)(F)F)cc(C(F)(F)F)c4)[C@H](Cc4ccccc4)C3)CC2)C1. The second-order valence-corrected chi connectivity index (χ2v) is 13.2. The van der Waals surface area contributed by atoms with Crippen molar-refractivity contribution >= 4 is 11.8 Å². The fourth-order valence-electron chi connectivity index (χ4n) is 7.65. The molecule has 4 aliphatic rings. The van der Waals surface area contributed by atoms with E-state index in [1.54, 1.807) is 0 Å². The lowest BCUT2D eigenvalue weighted by atomic mass is 9.90. The van der Waals surface area contributed by atoms with Gasteiger partial charge < -0.3 is 14.5 Å². The van der Waals surface area contributed by atoms with Crippen LogP contribution in [0.4, 0.5) is 26.3 Å². The van der Waals surface area contributed by atoms with Crippen LogP contribution in [-0.2, 0) is 28.3 Å². The Morgan fingerprint density at radius 2 is 1.38 bits per heavy atom. The number of benzene rings is 2. The Morgan fingerprint density at radius 3 is 1.98 bits per heavy atom. The molecule has 7 nitrogen and oxygen atoms in total. The molecule has 4 atom stereocenters. The van der Waals surface area contributed by atoms with Gasteiger partial charge in [-0.1, -0.05) is 30.3 Å². The third-order valence-electron chi connectivity index (χ3n) is 10.2. The maximum Gasteiger partial charge on any atom is 0.416 e. The first-order valence-electron chi connectivity index (χ1n) is 16.4. The molecule has 0 bridgehead atoms. The highest BCUT2D eigenvalue weighted by atomic mass is 19.4. The molecule has 4 fully saturated rings. The van der Waals surface area contributed by atoms with E-state index in [0.29, 0.717) is 50.7 Å². The summed E-state index contributed by atoms with van der Waals surface area (Å²) in [6.45, 7) is 6.13. The van der Waals surface area contributed by atoms with Crippen molar-refractivity contribution in [2.45, 2.75) is 62.6 Å². The molecule has 0 spiro atoms. The molecule has 3 unspecified atom stereocenters. The van der Waals surface area contributed by atoms with E-state index >= 15 is 0 Å². The smallest absolute Gasteiger partial charge is 0.381 e. The van der Waals surface area contributed by atoms with Crippen LogP contribution >= 0.6 is 0 Å². The number of hydrogen-bond acceptors (Lipinski definition) is 5. The van der Waals surface area contributed by atoms with E-state index < -0.39 is 41.0 Å². The minimum atomic E-state index is -5.04. The van der Waals surface area contributed by atoms with E-state index in [2.05, 4.69) is 9.80 Å². The minimum absolute atomic E-state index is 0.0348. The molecule has 2 amide bonds. The molecule has 6 rings (SSSR count). The summed E-state index contributed by atoms with van der Waals surface area (Å²) in [6, 6.07) is 10.5. The number of rotatable bonds is 6. The van der Waals surface area contributed by atoms with Crippen molar-refractivity contribution in [1.82, 2.24) is 19.6 Å². The normalized spacial score (nSPS) is 26.6. The molecule has 0 radical (unpaired) electrons. The van der Waals surface area contributed by atoms with Gasteiger partial charge in [-0.25, -0.2) is 0 Å². The molecular weight excluding hydrogens is 626 g/mol. The van der Waals surface area contributed by atoms with Crippen molar-refractivity contribution in [2.75, 3.05) is 59.0 Å². The second kappa shape index (κ2) is 13.8. The van der Waals surface area contributed by atoms with Crippen LogP contribution in [0, 0.1) is 5.92 Å². The lowest BCUT2D eigenvalue weighted by molar-refractivity contribution is -0.143. The van der Waals surface area contributed by atoms with Gasteiger partial charge in [0.15, 0.2) is 0 Å². The Kier molecular flexibility index (Phi) is 9.87. The molecule has 4 heterocycles. The van der Waals surface area contributed by atoms with Crippen LogP contribution in [0.3, 0.4) is 0 Å². The first-order chi connectivity index (χ1) is 22.4. The quantitative estimate of drug-likeness (QED) is 0.398. The molecular formula is C34H40F6N4O3. The molecule has 0 saturated carbocycles. The Bertz CT molecular complexity index is 1370. The highest BCUT2D eigenvalue weighted by Crippen LogP contribution is 2.37. The van der Waals surface area contributed by atoms with Gasteiger partial charge in [-0.2, -0.15) is 26.3 Å². The number of carbonyl (C=O) groups excluding carboxylic acids is 2. The third-order valence-corrected chi connectivity index (χ3v) is 10.2. The highest BCUT2D eigenvalue weighted by Gasteiger charge is 2.41. The van der Waals surface area contributed by atoms with Crippen molar-refractivity contribution in [1.29, 1.82) is 0 Å². The van der Waals surface area contributed by atoms with Crippen LogP contribution in [0.2, 0.25) is 0 Å². The fraction of sp³-hybridized carbons (Fsp3) is 0.588. The van der Waals surface area contributed by atoms with Crippen molar-refractivity contribution in [3.63, 3.8) is 0 Å². The zero-order valence-corrected chi connectivity index (χ0v) is 26.1. The molecule has 0 aliphatic carbocycles. The number of piperidine rings is 1. The Labute approximate surface area is 270 Å². The van der Waals surface area contributed by atoms with Gasteiger partial charge in [0.05, 0.1) is 23.7 Å². The summed E-state index contributed by atoms with van der Waals surface area (Å²) in [7, 11) is 0. The lowest BCUT2D eigenvalue weighted by Crippen LogP contribution is -2.58. The van der Waals surface area contributed by atoms with Gasteiger partial charge in [0.2, 0.25) is 5.91 Å². The van der Waals surface area contributed by atoms with Crippen LogP contribution in [0.25, 0.3) is 0 Å². The van der Waals surface area contributed by atoms with Crippen LogP contribution in [0.15, 0.2) is 48.5 Å². The average Bonchev–Trinajstić information content (AvgIpc) is 3.77. The van der Waals surface area contributed by atoms with Gasteiger partial charge in [0.25, 0.3) is 5.91 Å². The fourth-order valence-corrected chi connectivity index (χ4v) is 7.65. The van der Waals surface area contributed by atoms with Gasteiger partial charge in [-0.3, -0.25) is 19.4 Å². The van der Waals surface area contributed by atoms with Crippen molar-refractivity contribution in [2.24, 2.45) is 5.92 Å². The molecule has 0 aromatic heterocycles. The summed E-state index contributed by atoms with van der Waals surface area (Å²) in [5, 5.41) is 0. The predicted octanol–water partition coefficient (Wildman–Crippen LogP) is 5.20. The average molecular weight is 667 g/mol. The molecule has 47 heavy (non-hydrogen) atoms. The predicted molar refractivity (Wildman–Crippen MR) is 161 cm³/mol. The second-order valence-electron chi connectivity index (χ2n) is 13.2. The number of hydrogen-bond donors (Lipinski definition) is 0. The summed E-state index contributed by atoms with van der Waals surface area (Å²) < 4.78 is 86.9. The van der Waals surface area contributed by atoms with Crippen molar-refractivity contribution in [3.05, 3.63) is 70.8 Å². The van der Waals surface area contributed by atoms with E-state index in [1.165, 1.54) is 4.90 Å². The zero-order chi connectivity index (χ0) is 33.3. The van der Waals surface area contributed by atoms with Crippen LogP contribution in [0.1, 0.15) is 52.7 Å². The van der Waals surface area contributed by atoms with Gasteiger partial charge in [-0.05, 0) is 55.9 Å². The molecule has 2 aromatic carbocycles. The van der Waals surface area contributed by atoms with Crippen LogP contribution in [0.5, 0.6) is 0 Å². The van der Waals surface area contributed by atoms with Gasteiger partial charge >= 0.3 is 12.4 Å². The van der Waals surface area contributed by atoms with E-state index in [4.69, 9.17) is 4.74 Å². The molecule has 0 N–H and O–H groups in total. The monoisotopic (exact) mass is 666 g/mol. The number of carbonyl (C=O) groups is 2. The summed E-state index contributed by atoms with van der Waals surface area (Å²) in [5.41, 5.74) is -2.66. The number of amides is 2. The number of alkyl halides is 6.